The number of nitrogens with zero attached hydrogens (tertiary/aromatic N) is 2. The van der Waals surface area contributed by atoms with Gasteiger partial charge in [0.1, 0.15) is 11.5 Å². The van der Waals surface area contributed by atoms with Gasteiger partial charge in [-0.1, -0.05) is 17.7 Å². The first kappa shape index (κ1) is 19.7. The van der Waals surface area contributed by atoms with Gasteiger partial charge in [-0.05, 0) is 61.5 Å². The summed E-state index contributed by atoms with van der Waals surface area (Å²) >= 11 is 1.24. The Labute approximate surface area is 176 Å². The number of nitro benzene ring substituents is 1. The summed E-state index contributed by atoms with van der Waals surface area (Å²) < 4.78 is 5.85. The molecule has 0 spiro atoms. The first-order valence-corrected chi connectivity index (χ1v) is 9.92. The van der Waals surface area contributed by atoms with E-state index in [1.54, 1.807) is 31.2 Å². The lowest BCUT2D eigenvalue weighted by Crippen LogP contribution is -2.19. The molecule has 2 heterocycles. The number of aliphatic imine (C=N–C) groups is 1. The molecule has 0 unspecified atom stereocenters. The van der Waals surface area contributed by atoms with Gasteiger partial charge in [-0.3, -0.25) is 14.9 Å². The highest BCUT2D eigenvalue weighted by molar-refractivity contribution is 8.18. The van der Waals surface area contributed by atoms with Crippen LogP contribution >= 0.6 is 11.8 Å². The second-order valence-electron chi connectivity index (χ2n) is 6.78. The van der Waals surface area contributed by atoms with Gasteiger partial charge in [0.25, 0.3) is 11.6 Å². The molecule has 1 N–H and O–H groups in total. The number of rotatable bonds is 4. The summed E-state index contributed by atoms with van der Waals surface area (Å²) in [5, 5.41) is 14.2. The highest BCUT2D eigenvalue weighted by Gasteiger charge is 2.24. The zero-order valence-corrected chi connectivity index (χ0v) is 17.0. The molecule has 3 aromatic rings. The van der Waals surface area contributed by atoms with Crippen molar-refractivity contribution in [1.29, 1.82) is 0 Å². The number of hydrogen-bond acceptors (Lipinski definition) is 6. The maximum Gasteiger partial charge on any atom is 0.269 e. The van der Waals surface area contributed by atoms with Crippen LogP contribution < -0.4 is 5.32 Å². The van der Waals surface area contributed by atoms with Gasteiger partial charge < -0.3 is 9.73 Å². The van der Waals surface area contributed by atoms with Gasteiger partial charge in [-0.2, -0.15) is 0 Å². The number of amides is 1. The quantitative estimate of drug-likeness (QED) is 0.349. The van der Waals surface area contributed by atoms with Crippen molar-refractivity contribution in [2.24, 2.45) is 4.99 Å². The van der Waals surface area contributed by atoms with Crippen LogP contribution in [-0.2, 0) is 4.79 Å². The van der Waals surface area contributed by atoms with Crippen molar-refractivity contribution in [3.63, 3.8) is 0 Å². The highest BCUT2D eigenvalue weighted by atomic mass is 32.2. The number of carbonyl (C=O) groups excluding carboxylic acids is 1. The Morgan fingerprint density at radius 2 is 1.87 bits per heavy atom. The Kier molecular flexibility index (Phi) is 5.24. The lowest BCUT2D eigenvalue weighted by Gasteiger charge is -2.02. The summed E-state index contributed by atoms with van der Waals surface area (Å²) in [6, 6.07) is 15.8. The molecule has 0 bridgehead atoms. The van der Waals surface area contributed by atoms with E-state index in [0.29, 0.717) is 21.6 Å². The van der Waals surface area contributed by atoms with Gasteiger partial charge in [0.05, 0.1) is 15.5 Å². The van der Waals surface area contributed by atoms with Crippen LogP contribution in [0.25, 0.3) is 17.4 Å². The number of nitro groups is 1. The number of non-ortho nitro benzene ring substituents is 1. The zero-order valence-electron chi connectivity index (χ0n) is 16.2. The first-order valence-electron chi connectivity index (χ1n) is 9.10. The minimum Gasteiger partial charge on any atom is -0.457 e. The minimum atomic E-state index is -0.430. The van der Waals surface area contributed by atoms with Crippen LogP contribution in [0.15, 0.2) is 68.9 Å². The van der Waals surface area contributed by atoms with Crippen molar-refractivity contribution in [3.8, 4) is 11.3 Å². The standard InChI is InChI=1S/C22H17N3O4S/c1-13-3-5-15(6-4-13)23-22-24-21(26)20(30-22)12-17-8-10-19(29-17)18-9-7-16(25(27)28)11-14(18)2/h3-12H,1-2H3,(H,23,24,26)/b20-12-. The van der Waals surface area contributed by atoms with E-state index >= 15 is 0 Å². The summed E-state index contributed by atoms with van der Waals surface area (Å²) in [6.45, 7) is 3.79. The Bertz CT molecular complexity index is 1210. The molecule has 0 saturated carbocycles. The van der Waals surface area contributed by atoms with Crippen molar-refractivity contribution < 1.29 is 14.1 Å². The minimum absolute atomic E-state index is 0.0320. The fourth-order valence-corrected chi connectivity index (χ4v) is 3.78. The largest absolute Gasteiger partial charge is 0.457 e. The number of thioether (sulfide) groups is 1. The molecule has 1 aliphatic rings. The number of furan rings is 1. The smallest absolute Gasteiger partial charge is 0.269 e. The molecule has 150 valence electrons. The molecule has 2 aromatic carbocycles. The van der Waals surface area contributed by atoms with E-state index in [2.05, 4.69) is 10.3 Å². The van der Waals surface area contributed by atoms with Crippen LogP contribution in [0.1, 0.15) is 16.9 Å². The van der Waals surface area contributed by atoms with Crippen LogP contribution in [0.2, 0.25) is 0 Å². The first-order chi connectivity index (χ1) is 14.4. The number of aryl methyl sites for hydroxylation is 2. The summed E-state index contributed by atoms with van der Waals surface area (Å²) in [5.74, 6) is 0.846. The number of hydrogen-bond donors (Lipinski definition) is 1. The molecule has 1 amide bonds. The van der Waals surface area contributed by atoms with Crippen molar-refractivity contribution >= 4 is 40.3 Å². The average molecular weight is 419 g/mol. The predicted molar refractivity (Wildman–Crippen MR) is 118 cm³/mol. The number of carbonyl (C=O) groups is 1. The van der Waals surface area contributed by atoms with Gasteiger partial charge in [0, 0.05) is 23.8 Å². The van der Waals surface area contributed by atoms with Crippen LogP contribution in [0.5, 0.6) is 0 Å². The molecular formula is C22H17N3O4S. The summed E-state index contributed by atoms with van der Waals surface area (Å²) in [6.07, 6.45) is 1.65. The van der Waals surface area contributed by atoms with E-state index < -0.39 is 4.92 Å². The number of nitrogens with one attached hydrogen (secondary N) is 1. The maximum atomic E-state index is 12.3. The van der Waals surface area contributed by atoms with Crippen LogP contribution in [0, 0.1) is 24.0 Å². The third kappa shape index (κ3) is 4.18. The molecule has 0 atom stereocenters. The lowest BCUT2D eigenvalue weighted by atomic mass is 10.1. The summed E-state index contributed by atoms with van der Waals surface area (Å²) in [7, 11) is 0. The molecule has 0 radical (unpaired) electrons. The average Bonchev–Trinajstić information content (AvgIpc) is 3.30. The monoisotopic (exact) mass is 419 g/mol. The third-order valence-corrected chi connectivity index (χ3v) is 5.41. The Hall–Kier alpha value is -3.65. The molecule has 1 aliphatic heterocycles. The second-order valence-corrected chi connectivity index (χ2v) is 7.81. The van der Waals surface area contributed by atoms with Crippen LogP contribution in [0.4, 0.5) is 11.4 Å². The Morgan fingerprint density at radius 3 is 2.57 bits per heavy atom. The van der Waals surface area contributed by atoms with E-state index in [1.165, 1.54) is 23.9 Å². The van der Waals surface area contributed by atoms with E-state index in [4.69, 9.17) is 4.42 Å². The molecule has 1 fully saturated rings. The normalized spacial score (nSPS) is 16.3. The molecule has 8 heteroatoms. The molecule has 1 aromatic heterocycles. The van der Waals surface area contributed by atoms with Crippen molar-refractivity contribution in [1.82, 2.24) is 5.32 Å². The van der Waals surface area contributed by atoms with Crippen molar-refractivity contribution in [3.05, 3.63) is 86.5 Å². The van der Waals surface area contributed by atoms with E-state index in [9.17, 15) is 14.9 Å². The SMILES string of the molecule is Cc1ccc(N=C2NC(=O)/C(=C/c3ccc(-c4ccc([N+](=O)[O-])cc4C)o3)S2)cc1. The topological polar surface area (TPSA) is 97.7 Å². The van der Waals surface area contributed by atoms with E-state index in [1.807, 2.05) is 31.2 Å². The van der Waals surface area contributed by atoms with Crippen molar-refractivity contribution in [2.45, 2.75) is 13.8 Å². The maximum absolute atomic E-state index is 12.3. The van der Waals surface area contributed by atoms with Crippen LogP contribution in [0.3, 0.4) is 0 Å². The Morgan fingerprint density at radius 1 is 1.10 bits per heavy atom. The van der Waals surface area contributed by atoms with E-state index in [-0.39, 0.29) is 11.6 Å². The van der Waals surface area contributed by atoms with Gasteiger partial charge >= 0.3 is 0 Å². The summed E-state index contributed by atoms with van der Waals surface area (Å²) in [4.78, 5) is 27.7. The molecule has 30 heavy (non-hydrogen) atoms. The van der Waals surface area contributed by atoms with E-state index in [0.717, 1.165) is 22.4 Å². The highest BCUT2D eigenvalue weighted by Crippen LogP contribution is 2.32. The predicted octanol–water partition coefficient (Wildman–Crippen LogP) is 5.36. The van der Waals surface area contributed by atoms with Gasteiger partial charge in [-0.25, -0.2) is 4.99 Å². The molecule has 0 aliphatic carbocycles. The molecule has 1 saturated heterocycles. The van der Waals surface area contributed by atoms with Gasteiger partial charge in [0.2, 0.25) is 0 Å². The van der Waals surface area contributed by atoms with Gasteiger partial charge in [0.15, 0.2) is 5.17 Å². The van der Waals surface area contributed by atoms with Crippen LogP contribution in [-0.4, -0.2) is 16.0 Å². The fraction of sp³-hybridized carbons (Fsp3) is 0.0909. The number of benzene rings is 2. The van der Waals surface area contributed by atoms with Crippen molar-refractivity contribution in [2.75, 3.05) is 0 Å². The molecular weight excluding hydrogens is 402 g/mol. The second kappa shape index (κ2) is 8.00. The Balaban J connectivity index is 1.55. The molecule has 4 rings (SSSR count). The zero-order chi connectivity index (χ0) is 21.3. The molecule has 7 nitrogen and oxygen atoms in total. The number of amidine groups is 1. The summed E-state index contributed by atoms with van der Waals surface area (Å²) in [5.41, 5.74) is 3.43. The fourth-order valence-electron chi connectivity index (χ4n) is 2.96. The van der Waals surface area contributed by atoms with Gasteiger partial charge in [-0.15, -0.1) is 0 Å². The lowest BCUT2D eigenvalue weighted by molar-refractivity contribution is -0.384. The third-order valence-electron chi connectivity index (χ3n) is 4.50.